The Labute approximate surface area is 249 Å². The Hall–Kier alpha value is -4.18. The molecule has 4 rings (SSSR count). The first-order valence-electron chi connectivity index (χ1n) is 13.9. The number of nitrogens with zero attached hydrogens (tertiary/aromatic N) is 4. The number of hydrogen-bond acceptors (Lipinski definition) is 7. The molecule has 4 aromatic rings. The maximum absolute atomic E-state index is 14.0. The molecule has 2 aromatic carbocycles. The molecule has 0 aliphatic carbocycles. The van der Waals surface area contributed by atoms with Gasteiger partial charge in [-0.2, -0.15) is 4.98 Å². The van der Waals surface area contributed by atoms with Crippen molar-refractivity contribution >= 4 is 34.7 Å². The zero-order chi connectivity index (χ0) is 30.4. The molecule has 0 bridgehead atoms. The van der Waals surface area contributed by atoms with Crippen LogP contribution in [0.25, 0.3) is 11.1 Å². The van der Waals surface area contributed by atoms with Crippen molar-refractivity contribution in [3.05, 3.63) is 92.6 Å². The molecular weight excluding hydrogens is 558 g/mol. The predicted octanol–water partition coefficient (Wildman–Crippen LogP) is 5.90. The summed E-state index contributed by atoms with van der Waals surface area (Å²) in [6.07, 6.45) is 0.356. The van der Waals surface area contributed by atoms with Crippen LogP contribution in [0, 0.1) is 6.92 Å². The molecule has 2 amide bonds. The third-order valence-electron chi connectivity index (χ3n) is 6.64. The topological polar surface area (TPSA) is 120 Å². The Kier molecular flexibility index (Phi) is 9.67. The van der Waals surface area contributed by atoms with Crippen LogP contribution in [-0.4, -0.2) is 50.3 Å². The van der Waals surface area contributed by atoms with Gasteiger partial charge in [0.15, 0.2) is 0 Å². The number of carbonyl (C=O) groups excluding carboxylic acids is 2. The summed E-state index contributed by atoms with van der Waals surface area (Å²) in [5.74, 6) is 0.127. The average molecular weight is 594 g/mol. The summed E-state index contributed by atoms with van der Waals surface area (Å²) in [5, 5.41) is 7.54. The minimum atomic E-state index is -0.625. The van der Waals surface area contributed by atoms with Crippen LogP contribution >= 0.6 is 11.6 Å². The highest BCUT2D eigenvalue weighted by Crippen LogP contribution is 2.27. The van der Waals surface area contributed by atoms with Gasteiger partial charge in [-0.15, -0.1) is 0 Å². The first kappa shape index (κ1) is 30.8. The molecule has 0 radical (unpaired) electrons. The van der Waals surface area contributed by atoms with Gasteiger partial charge >= 0.3 is 6.09 Å². The molecule has 10 nitrogen and oxygen atoms in total. The van der Waals surface area contributed by atoms with Crippen LogP contribution in [0.1, 0.15) is 74.0 Å². The van der Waals surface area contributed by atoms with Gasteiger partial charge in [0.05, 0.1) is 18.3 Å². The first-order chi connectivity index (χ1) is 20.0. The fourth-order valence-corrected chi connectivity index (χ4v) is 4.84. The van der Waals surface area contributed by atoms with Gasteiger partial charge in [-0.25, -0.2) is 4.79 Å². The van der Waals surface area contributed by atoms with E-state index in [1.165, 1.54) is 0 Å². The molecule has 2 aromatic heterocycles. The van der Waals surface area contributed by atoms with E-state index in [-0.39, 0.29) is 36.8 Å². The molecule has 0 saturated heterocycles. The second kappa shape index (κ2) is 13.2. The Morgan fingerprint density at radius 2 is 1.81 bits per heavy atom. The van der Waals surface area contributed by atoms with Gasteiger partial charge in [0, 0.05) is 23.7 Å². The van der Waals surface area contributed by atoms with Gasteiger partial charge in [-0.1, -0.05) is 54.0 Å². The van der Waals surface area contributed by atoms with Gasteiger partial charge in [-0.05, 0) is 70.4 Å². The van der Waals surface area contributed by atoms with Gasteiger partial charge < -0.3 is 19.5 Å². The predicted molar refractivity (Wildman–Crippen MR) is 161 cm³/mol. The number of rotatable bonds is 10. The molecule has 222 valence electrons. The summed E-state index contributed by atoms with van der Waals surface area (Å²) in [7, 11) is 0. The van der Waals surface area contributed by atoms with Crippen molar-refractivity contribution in [2.45, 2.75) is 65.6 Å². The molecule has 0 spiro atoms. The lowest BCUT2D eigenvalue weighted by atomic mass is 10.1. The number of halogens is 1. The van der Waals surface area contributed by atoms with Crippen molar-refractivity contribution in [3.63, 3.8) is 0 Å². The van der Waals surface area contributed by atoms with Gasteiger partial charge in [0.25, 0.3) is 17.2 Å². The summed E-state index contributed by atoms with van der Waals surface area (Å²) >= 11 is 6.09. The van der Waals surface area contributed by atoms with E-state index in [0.717, 1.165) is 5.56 Å². The molecule has 0 saturated carbocycles. The summed E-state index contributed by atoms with van der Waals surface area (Å²) in [6.45, 7) is 9.81. The van der Waals surface area contributed by atoms with Crippen molar-refractivity contribution in [1.82, 2.24) is 24.9 Å². The maximum atomic E-state index is 14.0. The number of aromatic nitrogens is 3. The number of amides is 2. The van der Waals surface area contributed by atoms with E-state index in [1.807, 2.05) is 37.3 Å². The van der Waals surface area contributed by atoms with E-state index in [0.29, 0.717) is 40.3 Å². The monoisotopic (exact) mass is 593 g/mol. The highest BCUT2D eigenvalue weighted by Gasteiger charge is 2.30. The van der Waals surface area contributed by atoms with Crippen LogP contribution in [0.2, 0.25) is 5.02 Å². The van der Waals surface area contributed by atoms with E-state index in [2.05, 4.69) is 10.5 Å². The normalized spacial score (nSPS) is 12.2. The summed E-state index contributed by atoms with van der Waals surface area (Å²) < 4.78 is 12.3. The fourth-order valence-electron chi connectivity index (χ4n) is 4.71. The number of alkyl carbamates (subject to hydrolysis) is 1. The quantitative estimate of drug-likeness (QED) is 0.227. The standard InChI is InChI=1S/C31H36ClN5O5/c1-6-24(26-34-27-25(20(2)35-42-27)29(39)37(26)19-21-11-8-7-9-12-21)36(28(38)22-13-15-23(32)16-14-22)18-10-17-33-30(40)41-31(3,4)5/h7-9,11-16,24H,6,10,17-19H2,1-5H3,(H,33,40). The van der Waals surface area contributed by atoms with Crippen molar-refractivity contribution in [2.75, 3.05) is 13.1 Å². The van der Waals surface area contributed by atoms with Crippen molar-refractivity contribution < 1.29 is 18.8 Å². The van der Waals surface area contributed by atoms with Crippen LogP contribution in [0.3, 0.4) is 0 Å². The Morgan fingerprint density at radius 1 is 1.12 bits per heavy atom. The smallest absolute Gasteiger partial charge is 0.407 e. The summed E-state index contributed by atoms with van der Waals surface area (Å²) in [4.78, 5) is 46.5. The van der Waals surface area contributed by atoms with Gasteiger partial charge in [0.2, 0.25) is 0 Å². The van der Waals surface area contributed by atoms with E-state index in [1.54, 1.807) is 61.4 Å². The van der Waals surface area contributed by atoms with Crippen molar-refractivity contribution in [3.8, 4) is 0 Å². The Morgan fingerprint density at radius 3 is 2.45 bits per heavy atom. The maximum Gasteiger partial charge on any atom is 0.407 e. The number of carbonyl (C=O) groups is 2. The lowest BCUT2D eigenvalue weighted by molar-refractivity contribution is 0.0523. The van der Waals surface area contributed by atoms with Crippen LogP contribution in [0.4, 0.5) is 4.79 Å². The minimum absolute atomic E-state index is 0.126. The lowest BCUT2D eigenvalue weighted by Gasteiger charge is -2.32. The molecule has 1 N–H and O–H groups in total. The number of nitrogens with one attached hydrogen (secondary N) is 1. The average Bonchev–Trinajstić information content (AvgIpc) is 3.32. The molecule has 42 heavy (non-hydrogen) atoms. The second-order valence-electron chi connectivity index (χ2n) is 11.0. The third kappa shape index (κ3) is 7.36. The van der Waals surface area contributed by atoms with Crippen LogP contribution < -0.4 is 10.9 Å². The molecule has 1 unspecified atom stereocenters. The fraction of sp³-hybridized carbons (Fsp3) is 0.387. The number of benzene rings is 2. The third-order valence-corrected chi connectivity index (χ3v) is 6.89. The van der Waals surface area contributed by atoms with Gasteiger partial charge in [-0.3, -0.25) is 14.2 Å². The number of ether oxygens (including phenoxy) is 1. The second-order valence-corrected chi connectivity index (χ2v) is 11.4. The number of aryl methyl sites for hydroxylation is 1. The molecule has 1 atom stereocenters. The van der Waals surface area contributed by atoms with Crippen LogP contribution in [0.15, 0.2) is 63.9 Å². The van der Waals surface area contributed by atoms with Crippen molar-refractivity contribution in [2.24, 2.45) is 0 Å². The highest BCUT2D eigenvalue weighted by molar-refractivity contribution is 6.30. The zero-order valence-electron chi connectivity index (χ0n) is 24.5. The minimum Gasteiger partial charge on any atom is -0.444 e. The van der Waals surface area contributed by atoms with E-state index in [4.69, 9.17) is 25.8 Å². The molecule has 0 aliphatic heterocycles. The zero-order valence-corrected chi connectivity index (χ0v) is 25.3. The summed E-state index contributed by atoms with van der Waals surface area (Å²) in [5.41, 5.74) is 1.00. The molecule has 0 fully saturated rings. The van der Waals surface area contributed by atoms with Crippen molar-refractivity contribution in [1.29, 1.82) is 0 Å². The highest BCUT2D eigenvalue weighted by atomic mass is 35.5. The van der Waals surface area contributed by atoms with E-state index < -0.39 is 17.7 Å². The first-order valence-corrected chi connectivity index (χ1v) is 14.3. The molecule has 2 heterocycles. The van der Waals surface area contributed by atoms with Crippen LogP contribution in [-0.2, 0) is 11.3 Å². The Bertz CT molecular complexity index is 1590. The number of hydrogen-bond donors (Lipinski definition) is 1. The SMILES string of the molecule is CCC(c1nc2onc(C)c2c(=O)n1Cc1ccccc1)N(CCCNC(=O)OC(C)(C)C)C(=O)c1ccc(Cl)cc1. The van der Waals surface area contributed by atoms with E-state index in [9.17, 15) is 14.4 Å². The van der Waals surface area contributed by atoms with Crippen LogP contribution in [0.5, 0.6) is 0 Å². The number of fused-ring (bicyclic) bond motifs is 1. The molecule has 11 heteroatoms. The largest absolute Gasteiger partial charge is 0.444 e. The van der Waals surface area contributed by atoms with E-state index >= 15 is 0 Å². The lowest BCUT2D eigenvalue weighted by Crippen LogP contribution is -2.41. The summed E-state index contributed by atoms with van der Waals surface area (Å²) in [6, 6.07) is 15.6. The molecule has 0 aliphatic rings. The molecular formula is C31H36ClN5O5. The Balaban J connectivity index is 1.73. The van der Waals surface area contributed by atoms with Gasteiger partial charge in [0.1, 0.15) is 16.8 Å².